The average molecular weight is 370 g/mol. The van der Waals surface area contributed by atoms with Crippen molar-refractivity contribution < 1.29 is 0 Å². The van der Waals surface area contributed by atoms with Crippen molar-refractivity contribution in [2.75, 3.05) is 0 Å². The van der Waals surface area contributed by atoms with Gasteiger partial charge in [0.05, 0.1) is 0 Å². The third kappa shape index (κ3) is 11.2. The van der Waals surface area contributed by atoms with Crippen molar-refractivity contribution >= 4 is 49.6 Å². The second-order valence-electron chi connectivity index (χ2n) is 4.54. The minimum Gasteiger partial charge on any atom is -0.326 e. The Morgan fingerprint density at radius 1 is 0.450 bits per heavy atom. The molecule has 124 valence electrons. The summed E-state index contributed by atoms with van der Waals surface area (Å²) in [6.07, 6.45) is 12.1. The molecule has 8 N–H and O–H groups in total. The van der Waals surface area contributed by atoms with Crippen molar-refractivity contribution in [3.63, 3.8) is 0 Å². The molecule has 0 fully saturated rings. The van der Waals surface area contributed by atoms with Crippen LogP contribution in [0.2, 0.25) is 0 Å². The number of nitrogens with two attached hydrogens (primary N) is 4. The molecule has 4 atom stereocenters. The van der Waals surface area contributed by atoms with Crippen LogP contribution in [-0.4, -0.2) is 24.2 Å². The molecule has 0 aromatic rings. The first kappa shape index (κ1) is 28.6. The smallest absolute Gasteiger partial charge is 0.0230 e. The Hall–Kier alpha value is 0.480. The molecule has 4 nitrogen and oxygen atoms in total. The van der Waals surface area contributed by atoms with Crippen LogP contribution in [0.4, 0.5) is 0 Å². The van der Waals surface area contributed by atoms with Gasteiger partial charge in [0, 0.05) is 24.2 Å². The second kappa shape index (κ2) is 15.9. The molecular weight excluding hydrogens is 342 g/mol. The molecule has 0 spiro atoms. The van der Waals surface area contributed by atoms with E-state index in [1.165, 1.54) is 0 Å². The molecule has 0 aliphatic heterocycles. The van der Waals surface area contributed by atoms with E-state index in [1.807, 2.05) is 0 Å². The molecule has 0 heterocycles. The molecule has 0 saturated carbocycles. The van der Waals surface area contributed by atoms with Gasteiger partial charge < -0.3 is 22.9 Å². The zero-order chi connectivity index (χ0) is 12.0. The van der Waals surface area contributed by atoms with Gasteiger partial charge >= 0.3 is 0 Å². The Morgan fingerprint density at radius 2 is 0.600 bits per heavy atom. The fourth-order valence-corrected chi connectivity index (χ4v) is 1.71. The third-order valence-corrected chi connectivity index (χ3v) is 3.07. The van der Waals surface area contributed by atoms with E-state index in [4.69, 9.17) is 22.9 Å². The average Bonchev–Trinajstić information content (AvgIpc) is 2.28. The van der Waals surface area contributed by atoms with Crippen molar-refractivity contribution in [3.8, 4) is 0 Å². The Morgan fingerprint density at radius 3 is 0.700 bits per heavy atom. The monoisotopic (exact) mass is 368 g/mol. The van der Waals surface area contributed by atoms with Gasteiger partial charge in [0.25, 0.3) is 0 Å². The summed E-state index contributed by atoms with van der Waals surface area (Å²) < 4.78 is 0. The molecule has 0 amide bonds. The molecular formula is C12H28Cl4N4. The lowest BCUT2D eigenvalue weighted by atomic mass is 9.98. The van der Waals surface area contributed by atoms with Crippen molar-refractivity contribution in [3.05, 3.63) is 24.3 Å². The summed E-state index contributed by atoms with van der Waals surface area (Å²) in [5.74, 6) is 0. The van der Waals surface area contributed by atoms with E-state index in [0.717, 1.165) is 25.7 Å². The molecule has 20 heavy (non-hydrogen) atoms. The van der Waals surface area contributed by atoms with Crippen molar-refractivity contribution in [1.82, 2.24) is 0 Å². The normalized spacial score (nSPS) is 30.2. The van der Waals surface area contributed by atoms with E-state index >= 15 is 0 Å². The third-order valence-electron chi connectivity index (χ3n) is 3.07. The molecule has 2 rings (SSSR count). The fourth-order valence-electron chi connectivity index (χ4n) is 1.71. The zero-order valence-electron chi connectivity index (χ0n) is 11.4. The van der Waals surface area contributed by atoms with Gasteiger partial charge in [-0.3, -0.25) is 0 Å². The van der Waals surface area contributed by atoms with Crippen LogP contribution < -0.4 is 22.9 Å². The van der Waals surface area contributed by atoms with Crippen molar-refractivity contribution in [1.29, 1.82) is 0 Å². The first-order chi connectivity index (χ1) is 7.61. The highest BCUT2D eigenvalue weighted by molar-refractivity contribution is 5.86. The summed E-state index contributed by atoms with van der Waals surface area (Å²) in [4.78, 5) is 0. The standard InChI is InChI=1S/2C6H12N2.4ClH/c2*7-5-3-1-2-4-6(5)8;;;;/h2*1-2,5-6H,3-4,7-8H2;4*1H/t2*5-,6+;;;;. The van der Waals surface area contributed by atoms with Crippen LogP contribution in [0.1, 0.15) is 25.7 Å². The van der Waals surface area contributed by atoms with Gasteiger partial charge in [0.2, 0.25) is 0 Å². The minimum absolute atomic E-state index is 0. The predicted molar refractivity (Wildman–Crippen MR) is 97.6 cm³/mol. The van der Waals surface area contributed by atoms with Crippen LogP contribution in [0.15, 0.2) is 24.3 Å². The minimum atomic E-state index is 0. The van der Waals surface area contributed by atoms with E-state index in [2.05, 4.69) is 24.3 Å². The maximum atomic E-state index is 5.60. The molecule has 0 radical (unpaired) electrons. The first-order valence-electron chi connectivity index (χ1n) is 5.93. The fraction of sp³-hybridized carbons (Fsp3) is 0.667. The largest absolute Gasteiger partial charge is 0.326 e. The van der Waals surface area contributed by atoms with Gasteiger partial charge in [0.1, 0.15) is 0 Å². The molecule has 0 aromatic carbocycles. The highest BCUT2D eigenvalue weighted by Crippen LogP contribution is 2.07. The van der Waals surface area contributed by atoms with Crippen LogP contribution in [0.3, 0.4) is 0 Å². The summed E-state index contributed by atoms with van der Waals surface area (Å²) in [5, 5.41) is 0. The number of hydrogen-bond donors (Lipinski definition) is 4. The van der Waals surface area contributed by atoms with Gasteiger partial charge in [-0.15, -0.1) is 49.6 Å². The van der Waals surface area contributed by atoms with Crippen LogP contribution in [0.25, 0.3) is 0 Å². The van der Waals surface area contributed by atoms with Gasteiger partial charge in [-0.25, -0.2) is 0 Å². The number of hydrogen-bond acceptors (Lipinski definition) is 4. The molecule has 0 aromatic heterocycles. The maximum Gasteiger partial charge on any atom is 0.0230 e. The Labute approximate surface area is 146 Å². The van der Waals surface area contributed by atoms with Gasteiger partial charge in [-0.1, -0.05) is 24.3 Å². The summed E-state index contributed by atoms with van der Waals surface area (Å²) in [7, 11) is 0. The Kier molecular flexibility index (Phi) is 22.7. The van der Waals surface area contributed by atoms with Crippen LogP contribution in [0.5, 0.6) is 0 Å². The van der Waals surface area contributed by atoms with Crippen LogP contribution >= 0.6 is 49.6 Å². The SMILES string of the molecule is Cl.Cl.Cl.Cl.N[C@@H]1CC=CC[C@@H]1N.N[C@@H]1CC=CC[C@@H]1N. The molecule has 0 saturated heterocycles. The first-order valence-corrected chi connectivity index (χ1v) is 5.93. The summed E-state index contributed by atoms with van der Waals surface area (Å²) in [6, 6.07) is 0.778. The molecule has 0 unspecified atom stereocenters. The summed E-state index contributed by atoms with van der Waals surface area (Å²) in [5.41, 5.74) is 22.4. The number of rotatable bonds is 0. The van der Waals surface area contributed by atoms with E-state index in [1.54, 1.807) is 0 Å². The molecule has 0 bridgehead atoms. The van der Waals surface area contributed by atoms with E-state index < -0.39 is 0 Å². The zero-order valence-corrected chi connectivity index (χ0v) is 14.7. The molecule has 8 heteroatoms. The second-order valence-corrected chi connectivity index (χ2v) is 4.54. The number of halogens is 4. The lowest BCUT2D eigenvalue weighted by Gasteiger charge is -2.19. The quantitative estimate of drug-likeness (QED) is 0.487. The van der Waals surface area contributed by atoms with Crippen LogP contribution in [0, 0.1) is 0 Å². The molecule has 2 aliphatic carbocycles. The van der Waals surface area contributed by atoms with Gasteiger partial charge in [-0.2, -0.15) is 0 Å². The van der Waals surface area contributed by atoms with E-state index in [-0.39, 0.29) is 73.8 Å². The van der Waals surface area contributed by atoms with Crippen molar-refractivity contribution in [2.24, 2.45) is 22.9 Å². The van der Waals surface area contributed by atoms with Gasteiger partial charge in [0.15, 0.2) is 0 Å². The lowest BCUT2D eigenvalue weighted by molar-refractivity contribution is 0.516. The molecule has 2 aliphatic rings. The Bertz CT molecular complexity index is 214. The topological polar surface area (TPSA) is 104 Å². The van der Waals surface area contributed by atoms with Crippen LogP contribution in [-0.2, 0) is 0 Å². The summed E-state index contributed by atoms with van der Waals surface area (Å²) >= 11 is 0. The van der Waals surface area contributed by atoms with Crippen molar-refractivity contribution in [2.45, 2.75) is 49.9 Å². The summed E-state index contributed by atoms with van der Waals surface area (Å²) in [6.45, 7) is 0. The Balaban J connectivity index is -0.000000107. The van der Waals surface area contributed by atoms with E-state index in [9.17, 15) is 0 Å². The highest BCUT2D eigenvalue weighted by Gasteiger charge is 2.13. The highest BCUT2D eigenvalue weighted by atomic mass is 35.5. The van der Waals surface area contributed by atoms with E-state index in [0.29, 0.717) is 0 Å². The van der Waals surface area contributed by atoms with Gasteiger partial charge in [-0.05, 0) is 25.7 Å². The maximum absolute atomic E-state index is 5.60. The lowest BCUT2D eigenvalue weighted by Crippen LogP contribution is -2.41. The predicted octanol–water partition coefficient (Wildman–Crippen LogP) is 1.67.